The molecule has 0 aliphatic heterocycles. The molecule has 2 N–H and O–H groups in total. The quantitative estimate of drug-likeness (QED) is 0.184. The summed E-state index contributed by atoms with van der Waals surface area (Å²) in [5.41, 5.74) is 3.34. The third kappa shape index (κ3) is 6.13. The largest absolute Gasteiger partial charge is 0.507 e. The molecule has 0 saturated heterocycles. The number of benzene rings is 1. The van der Waals surface area contributed by atoms with Gasteiger partial charge in [-0.3, -0.25) is 4.79 Å². The van der Waals surface area contributed by atoms with Crippen molar-refractivity contribution in [1.82, 2.24) is 0 Å². The molecule has 0 spiro atoms. The lowest BCUT2D eigenvalue weighted by Gasteiger charge is -2.33. The summed E-state index contributed by atoms with van der Waals surface area (Å²) < 4.78 is 5.17. The molecule has 1 aromatic rings. The number of unbranched alkanes of at least 4 members (excludes halogenated alkanes) is 1. The molecule has 1 unspecified atom stereocenters. The van der Waals surface area contributed by atoms with Gasteiger partial charge in [-0.15, -0.1) is 0 Å². The van der Waals surface area contributed by atoms with Crippen LogP contribution in [0.25, 0.3) is 0 Å². The molecule has 0 aromatic heterocycles. The predicted molar refractivity (Wildman–Crippen MR) is 125 cm³/mol. The Hall–Kier alpha value is -1.75. The van der Waals surface area contributed by atoms with Gasteiger partial charge in [0.15, 0.2) is 0 Å². The molecule has 1 aliphatic rings. The number of esters is 1. The Morgan fingerprint density at radius 1 is 1.23 bits per heavy atom. The van der Waals surface area contributed by atoms with E-state index in [1.807, 2.05) is 13.0 Å². The zero-order valence-electron chi connectivity index (χ0n) is 18.6. The average Bonchev–Trinajstić information content (AvgIpc) is 2.65. The third-order valence-electron chi connectivity index (χ3n) is 6.16. The maximum Gasteiger partial charge on any atom is 0.302 e. The van der Waals surface area contributed by atoms with Crippen LogP contribution < -0.4 is 0 Å². The van der Waals surface area contributed by atoms with E-state index in [0.29, 0.717) is 5.56 Å². The minimum absolute atomic E-state index is 0.111. The fourth-order valence-electron chi connectivity index (χ4n) is 4.29. The molecule has 0 saturated carbocycles. The monoisotopic (exact) mass is 478 g/mol. The zero-order valence-corrected chi connectivity index (χ0v) is 20.2. The first-order valence-corrected chi connectivity index (χ1v) is 11.8. The maximum absolute atomic E-state index is 11.2. The standard InChI is InChI=1S/C25H35BrO4/c1-16(2)20-9-8-18(15-30-17(3)27)12-21(20)24-22(28)13-19(14-23(24)29)25(4,5)10-6-7-11-26/h12-14,20-21,28-29H,1,6-11,15H2,2-5H3/t20?,21-/m0/s1. The minimum atomic E-state index is -0.313. The van der Waals surface area contributed by atoms with Gasteiger partial charge in [0.1, 0.15) is 18.1 Å². The smallest absolute Gasteiger partial charge is 0.302 e. The summed E-state index contributed by atoms with van der Waals surface area (Å²) in [5, 5.41) is 22.9. The molecule has 0 fully saturated rings. The normalized spacial score (nSPS) is 19.3. The Kier molecular flexibility index (Phi) is 8.60. The summed E-state index contributed by atoms with van der Waals surface area (Å²) in [6.45, 7) is 12.0. The van der Waals surface area contributed by atoms with Crippen LogP contribution in [0.2, 0.25) is 0 Å². The van der Waals surface area contributed by atoms with Gasteiger partial charge in [-0.05, 0) is 67.2 Å². The number of aromatic hydroxyl groups is 2. The van der Waals surface area contributed by atoms with Crippen LogP contribution in [-0.4, -0.2) is 28.1 Å². The van der Waals surface area contributed by atoms with Gasteiger partial charge in [-0.2, -0.15) is 0 Å². The first-order chi connectivity index (χ1) is 14.1. The van der Waals surface area contributed by atoms with Crippen LogP contribution in [0.3, 0.4) is 0 Å². The highest BCUT2D eigenvalue weighted by molar-refractivity contribution is 9.09. The summed E-state index contributed by atoms with van der Waals surface area (Å²) in [6, 6.07) is 3.60. The van der Waals surface area contributed by atoms with Crippen LogP contribution in [-0.2, 0) is 14.9 Å². The highest BCUT2D eigenvalue weighted by Crippen LogP contribution is 2.48. The fraction of sp³-hybridized carbons (Fsp3) is 0.560. The summed E-state index contributed by atoms with van der Waals surface area (Å²) in [4.78, 5) is 11.2. The van der Waals surface area contributed by atoms with Crippen molar-refractivity contribution in [3.63, 3.8) is 0 Å². The van der Waals surface area contributed by atoms with E-state index in [9.17, 15) is 15.0 Å². The molecule has 0 bridgehead atoms. The summed E-state index contributed by atoms with van der Waals surface area (Å²) in [5.74, 6) is -0.181. The molecule has 0 amide bonds. The number of carbonyl (C=O) groups is 1. The predicted octanol–water partition coefficient (Wildman–Crippen LogP) is 6.50. The van der Waals surface area contributed by atoms with Crippen molar-refractivity contribution >= 4 is 21.9 Å². The van der Waals surface area contributed by atoms with Crippen LogP contribution >= 0.6 is 15.9 Å². The molecular weight excluding hydrogens is 444 g/mol. The number of hydrogen-bond acceptors (Lipinski definition) is 4. The van der Waals surface area contributed by atoms with E-state index >= 15 is 0 Å². The first-order valence-electron chi connectivity index (χ1n) is 10.7. The van der Waals surface area contributed by atoms with E-state index < -0.39 is 0 Å². The van der Waals surface area contributed by atoms with Crippen LogP contribution in [0.4, 0.5) is 0 Å². The van der Waals surface area contributed by atoms with Crippen molar-refractivity contribution in [2.45, 2.75) is 71.1 Å². The molecule has 2 atom stereocenters. The maximum atomic E-state index is 11.2. The van der Waals surface area contributed by atoms with Gasteiger partial charge in [0.2, 0.25) is 0 Å². The number of halogens is 1. The van der Waals surface area contributed by atoms with Crippen molar-refractivity contribution in [1.29, 1.82) is 0 Å². The Morgan fingerprint density at radius 3 is 2.40 bits per heavy atom. The van der Waals surface area contributed by atoms with Crippen molar-refractivity contribution in [2.75, 3.05) is 11.9 Å². The van der Waals surface area contributed by atoms with E-state index in [0.717, 1.165) is 54.1 Å². The van der Waals surface area contributed by atoms with Crippen LogP contribution in [0, 0.1) is 5.92 Å². The Bertz CT molecular complexity index is 786. The van der Waals surface area contributed by atoms with Crippen LogP contribution in [0.5, 0.6) is 11.5 Å². The topological polar surface area (TPSA) is 66.8 Å². The first kappa shape index (κ1) is 24.5. The molecule has 1 aromatic carbocycles. The van der Waals surface area contributed by atoms with Crippen molar-refractivity contribution in [2.24, 2.45) is 5.92 Å². The molecule has 30 heavy (non-hydrogen) atoms. The molecule has 166 valence electrons. The number of hydrogen-bond donors (Lipinski definition) is 2. The highest BCUT2D eigenvalue weighted by Gasteiger charge is 2.32. The molecule has 5 heteroatoms. The lowest BCUT2D eigenvalue weighted by atomic mass is 9.72. The van der Waals surface area contributed by atoms with Crippen molar-refractivity contribution in [3.8, 4) is 11.5 Å². The number of alkyl halides is 1. The lowest BCUT2D eigenvalue weighted by molar-refractivity contribution is -0.140. The Labute approximate surface area is 189 Å². The number of phenolic OH excluding ortho intramolecular Hbond substituents is 2. The Balaban J connectivity index is 2.40. The van der Waals surface area contributed by atoms with Crippen molar-refractivity contribution < 1.29 is 19.7 Å². The molecule has 4 nitrogen and oxygen atoms in total. The van der Waals surface area contributed by atoms with Gasteiger partial charge in [0, 0.05) is 23.7 Å². The van der Waals surface area contributed by atoms with Gasteiger partial charge < -0.3 is 14.9 Å². The van der Waals surface area contributed by atoms with E-state index in [1.165, 1.54) is 6.92 Å². The van der Waals surface area contributed by atoms with Crippen LogP contribution in [0.1, 0.15) is 76.8 Å². The second kappa shape index (κ2) is 10.5. The fourth-order valence-corrected chi connectivity index (χ4v) is 4.68. The van der Waals surface area contributed by atoms with Gasteiger partial charge in [-0.25, -0.2) is 0 Å². The average molecular weight is 479 g/mol. The number of carbonyl (C=O) groups excluding carboxylic acids is 1. The number of phenols is 2. The molecular formula is C25H35BrO4. The summed E-state index contributed by atoms with van der Waals surface area (Å²) >= 11 is 3.47. The SMILES string of the molecule is C=C(C)C1CCC(COC(C)=O)=C[C@@H]1c1c(O)cc(C(C)(C)CCCCBr)cc1O. The van der Waals surface area contributed by atoms with E-state index in [-0.39, 0.29) is 41.3 Å². The van der Waals surface area contributed by atoms with E-state index in [4.69, 9.17) is 4.74 Å². The van der Waals surface area contributed by atoms with Gasteiger partial charge >= 0.3 is 5.97 Å². The number of rotatable bonds is 9. The third-order valence-corrected chi connectivity index (χ3v) is 6.72. The van der Waals surface area contributed by atoms with Gasteiger partial charge in [-0.1, -0.05) is 54.4 Å². The van der Waals surface area contributed by atoms with Crippen LogP contribution in [0.15, 0.2) is 35.9 Å². The summed E-state index contributed by atoms with van der Waals surface area (Å²) in [6.07, 6.45) is 6.82. The van der Waals surface area contributed by atoms with E-state index in [2.05, 4.69) is 36.4 Å². The molecule has 2 rings (SSSR count). The number of allylic oxidation sites excluding steroid dienone is 2. The second-order valence-electron chi connectivity index (χ2n) is 9.08. The van der Waals surface area contributed by atoms with Gasteiger partial charge in [0.25, 0.3) is 0 Å². The van der Waals surface area contributed by atoms with Crippen molar-refractivity contribution in [3.05, 3.63) is 47.1 Å². The molecule has 1 aliphatic carbocycles. The zero-order chi connectivity index (χ0) is 22.5. The Morgan fingerprint density at radius 2 is 1.87 bits per heavy atom. The molecule has 0 radical (unpaired) electrons. The van der Waals surface area contributed by atoms with Gasteiger partial charge in [0.05, 0.1) is 0 Å². The second-order valence-corrected chi connectivity index (χ2v) is 9.87. The highest BCUT2D eigenvalue weighted by atomic mass is 79.9. The molecule has 0 heterocycles. The number of ether oxygens (including phenoxy) is 1. The lowest BCUT2D eigenvalue weighted by Crippen LogP contribution is -2.21. The minimum Gasteiger partial charge on any atom is -0.507 e. The van der Waals surface area contributed by atoms with E-state index in [1.54, 1.807) is 12.1 Å². The summed E-state index contributed by atoms with van der Waals surface area (Å²) in [7, 11) is 0.